The van der Waals surface area contributed by atoms with Crippen molar-refractivity contribution < 1.29 is 27.8 Å². The van der Waals surface area contributed by atoms with Crippen molar-refractivity contribution in [3.8, 4) is 11.5 Å². The highest BCUT2D eigenvalue weighted by Crippen LogP contribution is 2.43. The van der Waals surface area contributed by atoms with Gasteiger partial charge in [-0.25, -0.2) is 0 Å². The number of alkyl halides is 3. The SMILES string of the molecule is CCCc1c[nH]c2ccc(Oc3c(Cl)cc(CC(=O)O)cc3C(F)(F)F)cc12. The number of aryl methyl sites for hydroxylation is 1. The van der Waals surface area contributed by atoms with E-state index in [9.17, 15) is 18.0 Å². The number of carboxylic acid groups (broad SMARTS) is 1. The summed E-state index contributed by atoms with van der Waals surface area (Å²) in [5, 5.41) is 9.42. The van der Waals surface area contributed by atoms with Gasteiger partial charge >= 0.3 is 12.1 Å². The van der Waals surface area contributed by atoms with Gasteiger partial charge in [-0.1, -0.05) is 24.9 Å². The van der Waals surface area contributed by atoms with Gasteiger partial charge in [-0.15, -0.1) is 0 Å². The summed E-state index contributed by atoms with van der Waals surface area (Å²) >= 11 is 6.03. The van der Waals surface area contributed by atoms with E-state index < -0.39 is 29.9 Å². The Labute approximate surface area is 163 Å². The summed E-state index contributed by atoms with van der Waals surface area (Å²) in [5.74, 6) is -1.59. The summed E-state index contributed by atoms with van der Waals surface area (Å²) in [6.45, 7) is 2.03. The molecule has 8 heteroatoms. The fraction of sp³-hybridized carbons (Fsp3) is 0.250. The molecule has 3 aromatic rings. The number of hydrogen-bond acceptors (Lipinski definition) is 2. The molecule has 28 heavy (non-hydrogen) atoms. The van der Waals surface area contributed by atoms with E-state index in [1.807, 2.05) is 13.1 Å². The molecule has 1 aromatic heterocycles. The summed E-state index contributed by atoms with van der Waals surface area (Å²) in [6.07, 6.45) is -1.71. The lowest BCUT2D eigenvalue weighted by atomic mass is 10.1. The first-order valence-electron chi connectivity index (χ1n) is 8.58. The number of benzene rings is 2. The monoisotopic (exact) mass is 411 g/mol. The van der Waals surface area contributed by atoms with Crippen molar-refractivity contribution in [2.75, 3.05) is 0 Å². The Bertz CT molecular complexity index is 1030. The number of carbonyl (C=O) groups is 1. The van der Waals surface area contributed by atoms with Crippen LogP contribution in [-0.2, 0) is 23.8 Å². The average molecular weight is 412 g/mol. The van der Waals surface area contributed by atoms with Crippen LogP contribution < -0.4 is 4.74 Å². The first-order valence-corrected chi connectivity index (χ1v) is 8.96. The van der Waals surface area contributed by atoms with Gasteiger partial charge in [0.15, 0.2) is 5.75 Å². The van der Waals surface area contributed by atoms with Crippen molar-refractivity contribution in [1.82, 2.24) is 4.98 Å². The Morgan fingerprint density at radius 3 is 2.64 bits per heavy atom. The number of nitrogens with one attached hydrogen (secondary N) is 1. The van der Waals surface area contributed by atoms with E-state index in [1.54, 1.807) is 18.2 Å². The van der Waals surface area contributed by atoms with Crippen molar-refractivity contribution in [3.63, 3.8) is 0 Å². The molecule has 0 unspecified atom stereocenters. The van der Waals surface area contributed by atoms with Crippen LogP contribution in [0.1, 0.15) is 30.0 Å². The van der Waals surface area contributed by atoms with E-state index in [0.717, 1.165) is 35.4 Å². The molecule has 148 valence electrons. The van der Waals surface area contributed by atoms with E-state index in [4.69, 9.17) is 21.4 Å². The van der Waals surface area contributed by atoms with Crippen LogP contribution in [0.25, 0.3) is 10.9 Å². The van der Waals surface area contributed by atoms with E-state index >= 15 is 0 Å². The minimum absolute atomic E-state index is 0.0523. The summed E-state index contributed by atoms with van der Waals surface area (Å²) < 4.78 is 46.1. The van der Waals surface area contributed by atoms with Gasteiger partial charge in [0, 0.05) is 17.1 Å². The Kier molecular flexibility index (Phi) is 5.56. The minimum atomic E-state index is -4.75. The molecular weight excluding hydrogens is 395 g/mol. The second-order valence-electron chi connectivity index (χ2n) is 6.40. The van der Waals surface area contributed by atoms with Crippen LogP contribution in [0.15, 0.2) is 36.5 Å². The zero-order chi connectivity index (χ0) is 20.5. The second kappa shape index (κ2) is 7.75. The molecule has 2 aromatic carbocycles. The molecule has 0 aliphatic heterocycles. The molecule has 2 N–H and O–H groups in total. The normalized spacial score (nSPS) is 11.8. The van der Waals surface area contributed by atoms with Crippen LogP contribution in [0.2, 0.25) is 5.02 Å². The lowest BCUT2D eigenvalue weighted by Crippen LogP contribution is -2.10. The lowest BCUT2D eigenvalue weighted by molar-refractivity contribution is -0.139. The zero-order valence-corrected chi connectivity index (χ0v) is 15.6. The second-order valence-corrected chi connectivity index (χ2v) is 6.80. The standard InChI is InChI=1S/C20H17ClF3NO3/c1-2-3-12-10-25-17-5-4-13(9-14(12)17)28-19-15(20(22,23)24)6-11(7-16(19)21)8-18(26)27/h4-7,9-10,25H,2-3,8H2,1H3,(H,26,27). The molecule has 0 aliphatic rings. The van der Waals surface area contributed by atoms with Crippen LogP contribution in [0, 0.1) is 0 Å². The first-order chi connectivity index (χ1) is 13.2. The lowest BCUT2D eigenvalue weighted by Gasteiger charge is -2.17. The van der Waals surface area contributed by atoms with E-state index in [2.05, 4.69) is 4.98 Å². The number of carboxylic acids is 1. The molecule has 0 aliphatic carbocycles. The summed E-state index contributed by atoms with van der Waals surface area (Å²) in [6, 6.07) is 6.88. The Morgan fingerprint density at radius 2 is 2.00 bits per heavy atom. The van der Waals surface area contributed by atoms with E-state index in [1.165, 1.54) is 6.07 Å². The number of fused-ring (bicyclic) bond motifs is 1. The van der Waals surface area contributed by atoms with Gasteiger partial charge in [0.05, 0.1) is 17.0 Å². The van der Waals surface area contributed by atoms with Crippen molar-refractivity contribution in [1.29, 1.82) is 0 Å². The number of H-pyrrole nitrogens is 1. The van der Waals surface area contributed by atoms with E-state index in [-0.39, 0.29) is 16.3 Å². The quantitative estimate of drug-likeness (QED) is 0.506. The van der Waals surface area contributed by atoms with Gasteiger partial charge in [-0.3, -0.25) is 4.79 Å². The predicted octanol–water partition coefficient (Wildman–Crippen LogP) is 6.21. The molecule has 0 bridgehead atoms. The van der Waals surface area contributed by atoms with Gasteiger partial charge in [-0.2, -0.15) is 13.2 Å². The molecule has 0 saturated heterocycles. The molecule has 0 atom stereocenters. The van der Waals surface area contributed by atoms with Crippen LogP contribution in [0.3, 0.4) is 0 Å². The molecule has 0 amide bonds. The molecule has 0 radical (unpaired) electrons. The number of aromatic nitrogens is 1. The topological polar surface area (TPSA) is 62.3 Å². The third kappa shape index (κ3) is 4.25. The molecule has 3 rings (SSSR count). The highest BCUT2D eigenvalue weighted by Gasteiger charge is 2.36. The van der Waals surface area contributed by atoms with E-state index in [0.29, 0.717) is 0 Å². The van der Waals surface area contributed by atoms with Gasteiger partial charge in [-0.05, 0) is 47.9 Å². The third-order valence-corrected chi connectivity index (χ3v) is 4.52. The number of hydrogen-bond donors (Lipinski definition) is 2. The van der Waals surface area contributed by atoms with Crippen molar-refractivity contribution in [2.45, 2.75) is 32.4 Å². The summed E-state index contributed by atoms with van der Waals surface area (Å²) in [4.78, 5) is 14.0. The van der Waals surface area contributed by atoms with Gasteiger partial charge in [0.25, 0.3) is 0 Å². The number of rotatable bonds is 6. The number of ether oxygens (including phenoxy) is 1. The van der Waals surface area contributed by atoms with Crippen LogP contribution >= 0.6 is 11.6 Å². The predicted molar refractivity (Wildman–Crippen MR) is 100 cm³/mol. The smallest absolute Gasteiger partial charge is 0.420 e. The minimum Gasteiger partial charge on any atom is -0.481 e. The Morgan fingerprint density at radius 1 is 1.25 bits per heavy atom. The first kappa shape index (κ1) is 20.1. The molecule has 0 fully saturated rings. The van der Waals surface area contributed by atoms with Crippen molar-refractivity contribution in [3.05, 3.63) is 58.2 Å². The molecule has 4 nitrogen and oxygen atoms in total. The van der Waals surface area contributed by atoms with Gasteiger partial charge in [0.2, 0.25) is 0 Å². The number of aromatic amines is 1. The average Bonchev–Trinajstić information content (AvgIpc) is 2.98. The van der Waals surface area contributed by atoms with Crippen LogP contribution in [0.4, 0.5) is 13.2 Å². The molecular formula is C20H17ClF3NO3. The summed E-state index contributed by atoms with van der Waals surface area (Å²) in [5.41, 5.74) is 0.735. The maximum Gasteiger partial charge on any atom is 0.420 e. The summed E-state index contributed by atoms with van der Waals surface area (Å²) in [7, 11) is 0. The molecule has 0 spiro atoms. The highest BCUT2D eigenvalue weighted by atomic mass is 35.5. The van der Waals surface area contributed by atoms with Gasteiger partial charge < -0.3 is 14.8 Å². The highest BCUT2D eigenvalue weighted by molar-refractivity contribution is 6.32. The van der Waals surface area contributed by atoms with Gasteiger partial charge in [0.1, 0.15) is 5.75 Å². The largest absolute Gasteiger partial charge is 0.481 e. The Hall–Kier alpha value is -2.67. The maximum absolute atomic E-state index is 13.5. The van der Waals surface area contributed by atoms with Crippen molar-refractivity contribution in [2.24, 2.45) is 0 Å². The zero-order valence-electron chi connectivity index (χ0n) is 14.9. The fourth-order valence-corrected chi connectivity index (χ4v) is 3.34. The number of aliphatic carboxylic acids is 1. The molecule has 1 heterocycles. The fourth-order valence-electron chi connectivity index (χ4n) is 3.06. The Balaban J connectivity index is 2.04. The number of halogens is 4. The molecule has 0 saturated carbocycles. The maximum atomic E-state index is 13.5. The van der Waals surface area contributed by atoms with Crippen LogP contribution in [-0.4, -0.2) is 16.1 Å². The van der Waals surface area contributed by atoms with Crippen molar-refractivity contribution >= 4 is 28.5 Å². The van der Waals surface area contributed by atoms with Crippen LogP contribution in [0.5, 0.6) is 11.5 Å². The third-order valence-electron chi connectivity index (χ3n) is 4.24.